The monoisotopic (exact) mass is 257 g/mol. The fourth-order valence-electron chi connectivity index (χ4n) is 2.14. The van der Waals surface area contributed by atoms with Gasteiger partial charge in [-0.05, 0) is 40.2 Å². The van der Waals surface area contributed by atoms with E-state index in [0.717, 1.165) is 23.6 Å². The van der Waals surface area contributed by atoms with Gasteiger partial charge in [0.15, 0.2) is 0 Å². The predicted octanol–water partition coefficient (Wildman–Crippen LogP) is 3.44. The van der Waals surface area contributed by atoms with Gasteiger partial charge in [0.1, 0.15) is 0 Å². The van der Waals surface area contributed by atoms with Gasteiger partial charge < -0.3 is 5.32 Å². The molecule has 0 saturated heterocycles. The van der Waals surface area contributed by atoms with Gasteiger partial charge >= 0.3 is 0 Å². The van der Waals surface area contributed by atoms with Gasteiger partial charge in [-0.15, -0.1) is 0 Å². The molecule has 0 aromatic carbocycles. The molecule has 0 bridgehead atoms. The molecule has 0 saturated carbocycles. The number of nitrogens with one attached hydrogen (secondary N) is 1. The Balaban J connectivity index is 2.64. The molecule has 1 unspecified atom stereocenters. The van der Waals surface area contributed by atoms with Crippen LogP contribution >= 0.6 is 11.6 Å². The molecule has 1 heterocycles. The fraction of sp³-hybridized carbons (Fsp3) is 0.769. The largest absolute Gasteiger partial charge is 0.317 e. The summed E-state index contributed by atoms with van der Waals surface area (Å²) in [7, 11) is 2.03. The van der Waals surface area contributed by atoms with Crippen LogP contribution in [0.2, 0.25) is 5.02 Å². The maximum absolute atomic E-state index is 6.19. The zero-order valence-corrected chi connectivity index (χ0v) is 12.1. The number of halogens is 1. The molecule has 0 aliphatic heterocycles. The molecule has 1 aromatic rings. The van der Waals surface area contributed by atoms with Gasteiger partial charge in [-0.2, -0.15) is 5.10 Å². The lowest BCUT2D eigenvalue weighted by Gasteiger charge is -2.17. The molecular weight excluding hydrogens is 234 g/mol. The van der Waals surface area contributed by atoms with Crippen molar-refractivity contribution in [3.63, 3.8) is 0 Å². The van der Waals surface area contributed by atoms with Crippen LogP contribution in [-0.4, -0.2) is 22.9 Å². The third-order valence-corrected chi connectivity index (χ3v) is 3.43. The van der Waals surface area contributed by atoms with Crippen LogP contribution in [0.4, 0.5) is 0 Å². The Bertz CT molecular complexity index is 333. The summed E-state index contributed by atoms with van der Waals surface area (Å²) < 4.78 is 2.03. The molecule has 0 aliphatic carbocycles. The van der Waals surface area contributed by atoms with Crippen LogP contribution in [0.1, 0.15) is 51.8 Å². The Morgan fingerprint density at radius 3 is 2.65 bits per heavy atom. The first-order chi connectivity index (χ1) is 8.10. The first kappa shape index (κ1) is 14.5. The summed E-state index contributed by atoms with van der Waals surface area (Å²) in [5, 5.41) is 8.49. The fourth-order valence-corrected chi connectivity index (χ4v) is 2.36. The average molecular weight is 258 g/mol. The normalized spacial score (nSPS) is 13.3. The van der Waals surface area contributed by atoms with E-state index in [1.807, 2.05) is 11.7 Å². The summed E-state index contributed by atoms with van der Waals surface area (Å²) in [4.78, 5) is 0. The lowest BCUT2D eigenvalue weighted by atomic mass is 10.1. The minimum absolute atomic E-state index is 0.372. The molecule has 3 nitrogen and oxygen atoms in total. The topological polar surface area (TPSA) is 29.9 Å². The number of rotatable bonds is 7. The van der Waals surface area contributed by atoms with Crippen molar-refractivity contribution in [1.82, 2.24) is 15.1 Å². The first-order valence-corrected chi connectivity index (χ1v) is 6.87. The highest BCUT2D eigenvalue weighted by Gasteiger charge is 2.13. The van der Waals surface area contributed by atoms with Crippen molar-refractivity contribution in [2.24, 2.45) is 0 Å². The highest BCUT2D eigenvalue weighted by Crippen LogP contribution is 2.21. The van der Waals surface area contributed by atoms with Crippen LogP contribution < -0.4 is 5.32 Å². The second-order valence-electron chi connectivity index (χ2n) is 4.79. The molecule has 1 aromatic heterocycles. The summed E-state index contributed by atoms with van der Waals surface area (Å²) >= 11 is 6.19. The Kier molecular flexibility index (Phi) is 6.00. The van der Waals surface area contributed by atoms with Gasteiger partial charge in [0.25, 0.3) is 0 Å². The molecule has 0 aliphatic rings. The lowest BCUT2D eigenvalue weighted by molar-refractivity contribution is 0.458. The van der Waals surface area contributed by atoms with E-state index < -0.39 is 0 Å². The summed E-state index contributed by atoms with van der Waals surface area (Å²) in [5.41, 5.74) is 1.16. The molecule has 17 heavy (non-hydrogen) atoms. The van der Waals surface area contributed by atoms with Crippen LogP contribution in [0.25, 0.3) is 0 Å². The molecule has 98 valence electrons. The van der Waals surface area contributed by atoms with E-state index in [1.54, 1.807) is 6.20 Å². The Hall–Kier alpha value is -0.540. The van der Waals surface area contributed by atoms with Gasteiger partial charge in [0.05, 0.1) is 16.9 Å². The zero-order valence-electron chi connectivity index (χ0n) is 11.3. The smallest absolute Gasteiger partial charge is 0.0817 e. The molecule has 0 fully saturated rings. The van der Waals surface area contributed by atoms with Crippen molar-refractivity contribution in [2.45, 2.75) is 58.5 Å². The summed E-state index contributed by atoms with van der Waals surface area (Å²) in [5.74, 6) is 0. The van der Waals surface area contributed by atoms with Crippen LogP contribution in [0.15, 0.2) is 6.20 Å². The third kappa shape index (κ3) is 4.00. The summed E-state index contributed by atoms with van der Waals surface area (Å²) in [6, 6.07) is 0.947. The molecule has 0 spiro atoms. The van der Waals surface area contributed by atoms with Crippen LogP contribution in [0.5, 0.6) is 0 Å². The Labute approximate surface area is 110 Å². The van der Waals surface area contributed by atoms with E-state index in [1.165, 1.54) is 12.8 Å². The summed E-state index contributed by atoms with van der Waals surface area (Å²) in [6.07, 6.45) is 6.28. The summed E-state index contributed by atoms with van der Waals surface area (Å²) in [6.45, 7) is 6.48. The highest BCUT2D eigenvalue weighted by molar-refractivity contribution is 6.31. The Morgan fingerprint density at radius 2 is 2.12 bits per heavy atom. The Morgan fingerprint density at radius 1 is 1.41 bits per heavy atom. The molecule has 4 heteroatoms. The maximum atomic E-state index is 6.19. The van der Waals surface area contributed by atoms with Gasteiger partial charge in [-0.25, -0.2) is 0 Å². The molecule has 1 N–H and O–H groups in total. The number of hydrogen-bond acceptors (Lipinski definition) is 2. The van der Waals surface area contributed by atoms with Crippen molar-refractivity contribution in [2.75, 3.05) is 7.05 Å². The lowest BCUT2D eigenvalue weighted by Crippen LogP contribution is -2.26. The van der Waals surface area contributed by atoms with E-state index in [-0.39, 0.29) is 0 Å². The van der Waals surface area contributed by atoms with Crippen LogP contribution in [-0.2, 0) is 6.42 Å². The van der Waals surface area contributed by atoms with E-state index in [9.17, 15) is 0 Å². The molecular formula is C13H24ClN3. The minimum atomic E-state index is 0.372. The second-order valence-corrected chi connectivity index (χ2v) is 5.20. The van der Waals surface area contributed by atoms with Crippen molar-refractivity contribution in [3.05, 3.63) is 16.9 Å². The third-order valence-electron chi connectivity index (χ3n) is 3.11. The average Bonchev–Trinajstić information content (AvgIpc) is 2.66. The second kappa shape index (κ2) is 7.02. The molecule has 0 radical (unpaired) electrons. The quantitative estimate of drug-likeness (QED) is 0.811. The van der Waals surface area contributed by atoms with Crippen molar-refractivity contribution in [3.8, 4) is 0 Å². The van der Waals surface area contributed by atoms with Gasteiger partial charge in [-0.1, -0.05) is 24.9 Å². The standard InChI is InChI=1S/C13H24ClN3/c1-5-6-11(15-4)7-8-13-12(14)9-16-17(13)10(2)3/h9-11,15H,5-8H2,1-4H3. The van der Waals surface area contributed by atoms with E-state index in [2.05, 4.69) is 31.2 Å². The van der Waals surface area contributed by atoms with E-state index in [4.69, 9.17) is 11.6 Å². The SMILES string of the molecule is CCCC(CCc1c(Cl)cnn1C(C)C)NC. The minimum Gasteiger partial charge on any atom is -0.317 e. The van der Waals surface area contributed by atoms with Gasteiger partial charge in [-0.3, -0.25) is 4.68 Å². The highest BCUT2D eigenvalue weighted by atomic mass is 35.5. The van der Waals surface area contributed by atoms with Crippen LogP contribution in [0, 0.1) is 0 Å². The van der Waals surface area contributed by atoms with Crippen molar-refractivity contribution >= 4 is 11.6 Å². The van der Waals surface area contributed by atoms with E-state index >= 15 is 0 Å². The number of aromatic nitrogens is 2. The number of nitrogens with zero attached hydrogens (tertiary/aromatic N) is 2. The maximum Gasteiger partial charge on any atom is 0.0817 e. The molecule has 1 atom stereocenters. The van der Waals surface area contributed by atoms with Crippen molar-refractivity contribution in [1.29, 1.82) is 0 Å². The zero-order chi connectivity index (χ0) is 12.8. The molecule has 1 rings (SSSR count). The number of hydrogen-bond donors (Lipinski definition) is 1. The van der Waals surface area contributed by atoms with Crippen LogP contribution in [0.3, 0.4) is 0 Å². The van der Waals surface area contributed by atoms with Gasteiger partial charge in [0, 0.05) is 12.1 Å². The first-order valence-electron chi connectivity index (χ1n) is 6.49. The van der Waals surface area contributed by atoms with E-state index in [0.29, 0.717) is 12.1 Å². The predicted molar refractivity (Wildman–Crippen MR) is 73.7 cm³/mol. The molecule has 0 amide bonds. The van der Waals surface area contributed by atoms with Gasteiger partial charge in [0.2, 0.25) is 0 Å². The van der Waals surface area contributed by atoms with Crippen molar-refractivity contribution < 1.29 is 0 Å².